The lowest BCUT2D eigenvalue weighted by Crippen LogP contribution is -2.42. The molecule has 0 saturated carbocycles. The second-order valence-electron chi connectivity index (χ2n) is 7.56. The zero-order chi connectivity index (χ0) is 23.8. The fourth-order valence-electron chi connectivity index (χ4n) is 4.00. The van der Waals surface area contributed by atoms with Gasteiger partial charge in [0.15, 0.2) is 0 Å². The number of hydrogen-bond acceptors (Lipinski definition) is 9. The number of H-pyrrole nitrogens is 1. The quantitative estimate of drug-likeness (QED) is 0.310. The van der Waals surface area contributed by atoms with Gasteiger partial charge in [-0.15, -0.1) is 0 Å². The molecule has 33 heavy (non-hydrogen) atoms. The van der Waals surface area contributed by atoms with Crippen LogP contribution in [0.2, 0.25) is 0 Å². The lowest BCUT2D eigenvalue weighted by molar-refractivity contribution is -0.393. The third-order valence-corrected chi connectivity index (χ3v) is 5.54. The van der Waals surface area contributed by atoms with Crippen molar-refractivity contribution in [1.29, 1.82) is 0 Å². The number of benzene rings is 2. The molecule has 170 valence electrons. The van der Waals surface area contributed by atoms with Crippen LogP contribution in [0.25, 0.3) is 10.9 Å². The van der Waals surface area contributed by atoms with E-state index in [-0.39, 0.29) is 18.5 Å². The summed E-state index contributed by atoms with van der Waals surface area (Å²) in [5.41, 5.74) is -1.24. The van der Waals surface area contributed by atoms with Crippen LogP contribution >= 0.6 is 0 Å². The second-order valence-corrected chi connectivity index (χ2v) is 7.56. The number of anilines is 1. The Morgan fingerprint density at radius 3 is 2.70 bits per heavy atom. The van der Waals surface area contributed by atoms with Gasteiger partial charge in [-0.3, -0.25) is 20.2 Å². The Balaban J connectivity index is 1.65. The summed E-state index contributed by atoms with van der Waals surface area (Å²) in [7, 11) is 1.18. The lowest BCUT2D eigenvalue weighted by atomic mass is 9.90. The molecule has 2 N–H and O–H groups in total. The van der Waals surface area contributed by atoms with E-state index in [9.17, 15) is 29.8 Å². The molecule has 4 rings (SSSR count). The van der Waals surface area contributed by atoms with Crippen molar-refractivity contribution in [2.75, 3.05) is 12.4 Å². The Hall–Kier alpha value is -4.48. The zero-order valence-electron chi connectivity index (χ0n) is 17.3. The van der Waals surface area contributed by atoms with E-state index in [4.69, 9.17) is 9.47 Å². The molecule has 2 heterocycles. The minimum atomic E-state index is -1.65. The van der Waals surface area contributed by atoms with Gasteiger partial charge in [0.1, 0.15) is 11.7 Å². The van der Waals surface area contributed by atoms with Gasteiger partial charge in [-0.2, -0.15) is 0 Å². The molecule has 1 fully saturated rings. The molecule has 2 aromatic carbocycles. The van der Waals surface area contributed by atoms with Gasteiger partial charge >= 0.3 is 11.9 Å². The molecule has 0 bridgehead atoms. The maximum absolute atomic E-state index is 12.7. The van der Waals surface area contributed by atoms with Crippen molar-refractivity contribution in [1.82, 2.24) is 4.98 Å². The van der Waals surface area contributed by atoms with E-state index < -0.39 is 44.8 Å². The smallest absolute Gasteiger partial charge is 0.350 e. The monoisotopic (exact) mass is 454 g/mol. The van der Waals surface area contributed by atoms with Gasteiger partial charge in [-0.05, 0) is 17.7 Å². The van der Waals surface area contributed by atoms with Gasteiger partial charge in [-0.25, -0.2) is 9.59 Å². The van der Waals surface area contributed by atoms with Crippen molar-refractivity contribution in [3.8, 4) is 0 Å². The summed E-state index contributed by atoms with van der Waals surface area (Å²) in [6.07, 6.45) is 1.58. The highest BCUT2D eigenvalue weighted by atomic mass is 16.6. The van der Waals surface area contributed by atoms with Crippen LogP contribution in [-0.4, -0.2) is 45.5 Å². The topological polar surface area (TPSA) is 167 Å². The number of aromatic nitrogens is 1. The number of nitrogens with zero attached hydrogens (tertiary/aromatic N) is 2. The largest absolute Gasteiger partial charge is 0.466 e. The number of ether oxygens (including phenoxy) is 2. The SMILES string of the molecule is COC(=O)[C@]1(Cc2c[nH]c3ccccc23)C[C@H](Nc2ccc([N+](=O)[O-])cc2[N+](=O)[O-])C(=O)O1. The van der Waals surface area contributed by atoms with Crippen molar-refractivity contribution in [3.63, 3.8) is 0 Å². The number of nitrogens with one attached hydrogen (secondary N) is 2. The maximum atomic E-state index is 12.7. The lowest BCUT2D eigenvalue weighted by Gasteiger charge is -2.24. The van der Waals surface area contributed by atoms with Crippen molar-refractivity contribution in [3.05, 3.63) is 74.5 Å². The van der Waals surface area contributed by atoms with E-state index >= 15 is 0 Å². The minimum Gasteiger partial charge on any atom is -0.466 e. The maximum Gasteiger partial charge on any atom is 0.350 e. The molecular formula is C21H18N4O8. The Bertz CT molecular complexity index is 1290. The molecule has 0 spiro atoms. The molecule has 0 radical (unpaired) electrons. The molecule has 12 heteroatoms. The molecule has 1 aliphatic heterocycles. The number of cyclic esters (lactones) is 1. The third-order valence-electron chi connectivity index (χ3n) is 5.54. The number of fused-ring (bicyclic) bond motifs is 1. The van der Waals surface area contributed by atoms with Crippen molar-refractivity contribution in [2.45, 2.75) is 24.5 Å². The summed E-state index contributed by atoms with van der Waals surface area (Å²) < 4.78 is 10.4. The number of nitro groups is 2. The van der Waals surface area contributed by atoms with Crippen LogP contribution in [-0.2, 0) is 25.5 Å². The first-order chi connectivity index (χ1) is 15.7. The first-order valence-corrected chi connectivity index (χ1v) is 9.80. The van der Waals surface area contributed by atoms with Gasteiger partial charge in [0.25, 0.3) is 11.4 Å². The number of aromatic amines is 1. The van der Waals surface area contributed by atoms with E-state index in [1.807, 2.05) is 24.3 Å². The first kappa shape index (κ1) is 21.7. The first-order valence-electron chi connectivity index (χ1n) is 9.80. The number of hydrogen-bond donors (Lipinski definition) is 2. The van der Waals surface area contributed by atoms with Crippen LogP contribution in [0.5, 0.6) is 0 Å². The average molecular weight is 454 g/mol. The van der Waals surface area contributed by atoms with Crippen molar-refractivity contribution < 1.29 is 28.9 Å². The van der Waals surface area contributed by atoms with Crippen LogP contribution in [0.15, 0.2) is 48.7 Å². The Labute approximate surface area is 185 Å². The number of non-ortho nitro benzene ring substituents is 1. The Morgan fingerprint density at radius 1 is 1.24 bits per heavy atom. The van der Waals surface area contributed by atoms with Crippen molar-refractivity contribution >= 4 is 39.9 Å². The summed E-state index contributed by atoms with van der Waals surface area (Å²) in [5, 5.41) is 25.9. The van der Waals surface area contributed by atoms with Crippen LogP contribution < -0.4 is 5.32 Å². The normalized spacial score (nSPS) is 19.8. The van der Waals surface area contributed by atoms with Crippen LogP contribution in [0.3, 0.4) is 0 Å². The molecule has 3 aromatic rings. The van der Waals surface area contributed by atoms with Crippen LogP contribution in [0.4, 0.5) is 17.1 Å². The molecule has 0 unspecified atom stereocenters. The van der Waals surface area contributed by atoms with E-state index in [0.717, 1.165) is 34.7 Å². The van der Waals surface area contributed by atoms with Gasteiger partial charge in [0.2, 0.25) is 5.60 Å². The number of carbonyl (C=O) groups excluding carboxylic acids is 2. The average Bonchev–Trinajstić information content (AvgIpc) is 3.34. The predicted molar refractivity (Wildman–Crippen MR) is 115 cm³/mol. The zero-order valence-corrected chi connectivity index (χ0v) is 17.3. The molecular weight excluding hydrogens is 436 g/mol. The van der Waals surface area contributed by atoms with E-state index in [1.54, 1.807) is 6.20 Å². The second kappa shape index (κ2) is 8.22. The van der Waals surface area contributed by atoms with Crippen LogP contribution in [0.1, 0.15) is 12.0 Å². The third kappa shape index (κ3) is 3.93. The summed E-state index contributed by atoms with van der Waals surface area (Å²) in [4.78, 5) is 49.3. The molecule has 0 aliphatic carbocycles. The number of rotatable bonds is 7. The summed E-state index contributed by atoms with van der Waals surface area (Å²) in [6, 6.07) is 9.31. The molecule has 12 nitrogen and oxygen atoms in total. The number of carbonyl (C=O) groups is 2. The number of methoxy groups -OCH3 is 1. The number of esters is 2. The summed E-state index contributed by atoms with van der Waals surface area (Å²) in [6.45, 7) is 0. The Morgan fingerprint density at radius 2 is 2.00 bits per heavy atom. The molecule has 1 aromatic heterocycles. The van der Waals surface area contributed by atoms with Gasteiger partial charge < -0.3 is 19.8 Å². The fraction of sp³-hybridized carbons (Fsp3) is 0.238. The standard InChI is InChI=1S/C21H18N4O8/c1-32-20(27)21(9-12-11-22-15-5-3-2-4-14(12)15)10-17(19(26)33-21)23-16-7-6-13(24(28)29)8-18(16)25(30)31/h2-8,11,17,22-23H,9-10H2,1H3/t17-,21-/m0/s1. The van der Waals surface area contributed by atoms with E-state index in [0.29, 0.717) is 0 Å². The van der Waals surface area contributed by atoms with Crippen molar-refractivity contribution in [2.24, 2.45) is 0 Å². The van der Waals surface area contributed by atoms with E-state index in [1.165, 1.54) is 7.11 Å². The van der Waals surface area contributed by atoms with Gasteiger partial charge in [0, 0.05) is 36.0 Å². The molecule has 1 aliphatic rings. The van der Waals surface area contributed by atoms with Crippen LogP contribution in [0, 0.1) is 20.2 Å². The Kier molecular flexibility index (Phi) is 5.42. The van der Waals surface area contributed by atoms with Gasteiger partial charge in [-0.1, -0.05) is 18.2 Å². The highest BCUT2D eigenvalue weighted by molar-refractivity contribution is 5.93. The summed E-state index contributed by atoms with van der Waals surface area (Å²) in [5.74, 6) is -1.56. The van der Waals surface area contributed by atoms with Gasteiger partial charge in [0.05, 0.1) is 23.0 Å². The molecule has 2 atom stereocenters. The predicted octanol–water partition coefficient (Wildman–Crippen LogP) is 2.87. The highest BCUT2D eigenvalue weighted by Crippen LogP contribution is 2.37. The minimum absolute atomic E-state index is 0.0238. The van der Waals surface area contributed by atoms with E-state index in [2.05, 4.69) is 10.3 Å². The molecule has 0 amide bonds. The molecule has 1 saturated heterocycles. The number of para-hydroxylation sites is 1. The fourth-order valence-corrected chi connectivity index (χ4v) is 4.00. The highest BCUT2D eigenvalue weighted by Gasteiger charge is 2.54. The summed E-state index contributed by atoms with van der Waals surface area (Å²) >= 11 is 0. The number of nitro benzene ring substituents is 2.